The van der Waals surface area contributed by atoms with Gasteiger partial charge in [-0.25, -0.2) is 9.94 Å². The molecule has 4 aromatic rings. The Bertz CT molecular complexity index is 1460. The third-order valence-corrected chi connectivity index (χ3v) is 6.80. The molecule has 7 nitrogen and oxygen atoms in total. The standard InChI is InChI=1S/C27H22ClN3O4/c28-21-12-9-18(10-13-21)17-5-7-19(8-6-17)26(32)22-14-11-20(24(22)16-35-34)15-31-27(33)23-3-1-2-4-25(23)29-30-31/h1-10,12-13,16,20,22,34H,11,14-15H2/b24-16-. The Balaban J connectivity index is 1.37. The molecule has 35 heavy (non-hydrogen) atoms. The lowest BCUT2D eigenvalue weighted by Gasteiger charge is -2.16. The monoisotopic (exact) mass is 487 g/mol. The summed E-state index contributed by atoms with van der Waals surface area (Å²) in [5, 5.41) is 18.5. The number of fused-ring (bicyclic) bond motifs is 1. The molecule has 8 heteroatoms. The van der Waals surface area contributed by atoms with E-state index in [-0.39, 0.29) is 23.8 Å². The van der Waals surface area contributed by atoms with Crippen molar-refractivity contribution in [1.82, 2.24) is 15.0 Å². The van der Waals surface area contributed by atoms with Gasteiger partial charge in [0.25, 0.3) is 5.56 Å². The van der Waals surface area contributed by atoms with Crippen LogP contribution in [-0.2, 0) is 11.4 Å². The van der Waals surface area contributed by atoms with E-state index < -0.39 is 5.92 Å². The zero-order valence-corrected chi connectivity index (χ0v) is 19.4. The summed E-state index contributed by atoms with van der Waals surface area (Å²) < 4.78 is 1.31. The normalized spacial score (nSPS) is 18.7. The molecule has 0 radical (unpaired) electrons. The zero-order valence-electron chi connectivity index (χ0n) is 18.7. The van der Waals surface area contributed by atoms with Crippen LogP contribution in [0.5, 0.6) is 0 Å². The van der Waals surface area contributed by atoms with Crippen LogP contribution in [-0.4, -0.2) is 26.0 Å². The third-order valence-electron chi connectivity index (χ3n) is 6.55. The molecule has 0 spiro atoms. The van der Waals surface area contributed by atoms with E-state index in [2.05, 4.69) is 15.2 Å². The Labute approximate surface area is 206 Å². The van der Waals surface area contributed by atoms with Crippen LogP contribution in [0.15, 0.2) is 89.4 Å². The van der Waals surface area contributed by atoms with Gasteiger partial charge in [-0.2, -0.15) is 0 Å². The molecule has 1 N–H and O–H groups in total. The first kappa shape index (κ1) is 23.0. The van der Waals surface area contributed by atoms with Crippen molar-refractivity contribution in [3.63, 3.8) is 0 Å². The molecule has 1 fully saturated rings. The zero-order chi connectivity index (χ0) is 24.4. The van der Waals surface area contributed by atoms with Crippen molar-refractivity contribution >= 4 is 28.3 Å². The van der Waals surface area contributed by atoms with Gasteiger partial charge >= 0.3 is 0 Å². The number of ketones is 1. The Kier molecular flexibility index (Phi) is 6.44. The van der Waals surface area contributed by atoms with Crippen LogP contribution in [0.3, 0.4) is 0 Å². The fourth-order valence-corrected chi connectivity index (χ4v) is 4.85. The van der Waals surface area contributed by atoms with Crippen LogP contribution in [0.1, 0.15) is 23.2 Å². The van der Waals surface area contributed by atoms with Gasteiger partial charge < -0.3 is 4.89 Å². The summed E-state index contributed by atoms with van der Waals surface area (Å²) in [5.74, 6) is -0.717. The van der Waals surface area contributed by atoms with Crippen LogP contribution in [0, 0.1) is 11.8 Å². The summed E-state index contributed by atoms with van der Waals surface area (Å²) >= 11 is 5.97. The maximum atomic E-state index is 13.4. The van der Waals surface area contributed by atoms with Gasteiger partial charge in [-0.05, 0) is 53.8 Å². The van der Waals surface area contributed by atoms with Crippen molar-refractivity contribution < 1.29 is 14.9 Å². The number of hydrogen-bond acceptors (Lipinski definition) is 6. The molecule has 1 aromatic heterocycles. The molecular weight excluding hydrogens is 466 g/mol. The summed E-state index contributed by atoms with van der Waals surface area (Å²) in [6.45, 7) is 0.241. The Morgan fingerprint density at radius 3 is 2.43 bits per heavy atom. The number of halogens is 1. The first-order valence-corrected chi connectivity index (χ1v) is 11.7. The average molecular weight is 488 g/mol. The van der Waals surface area contributed by atoms with Crippen molar-refractivity contribution in [2.75, 3.05) is 0 Å². The van der Waals surface area contributed by atoms with Gasteiger partial charge in [0, 0.05) is 22.4 Å². The Hall–Kier alpha value is -3.81. The van der Waals surface area contributed by atoms with E-state index in [0.29, 0.717) is 39.9 Å². The molecular formula is C27H22ClN3O4. The molecule has 1 aliphatic carbocycles. The van der Waals surface area contributed by atoms with Crippen LogP contribution < -0.4 is 5.56 Å². The molecule has 0 saturated heterocycles. The molecule has 3 aromatic carbocycles. The Morgan fingerprint density at radius 2 is 1.71 bits per heavy atom. The molecule has 2 unspecified atom stereocenters. The maximum Gasteiger partial charge on any atom is 0.277 e. The van der Waals surface area contributed by atoms with Crippen molar-refractivity contribution in [2.45, 2.75) is 19.4 Å². The fourth-order valence-electron chi connectivity index (χ4n) is 4.73. The second kappa shape index (κ2) is 9.82. The fraction of sp³-hybridized carbons (Fsp3) is 0.185. The van der Waals surface area contributed by atoms with Crippen LogP contribution in [0.4, 0.5) is 0 Å². The van der Waals surface area contributed by atoms with Gasteiger partial charge in [0.2, 0.25) is 0 Å². The SMILES string of the molecule is O=C(c1ccc(-c2ccc(Cl)cc2)cc1)C1CCC(Cn2nnc3ccccc3c2=O)/C1=C/OO. The predicted octanol–water partition coefficient (Wildman–Crippen LogP) is 5.39. The molecule has 1 aliphatic rings. The number of aromatic nitrogens is 3. The van der Waals surface area contributed by atoms with E-state index in [1.807, 2.05) is 36.4 Å². The number of nitrogens with zero attached hydrogens (tertiary/aromatic N) is 3. The molecule has 176 valence electrons. The lowest BCUT2D eigenvalue weighted by molar-refractivity contribution is -0.188. The van der Waals surface area contributed by atoms with Crippen molar-refractivity contribution in [3.8, 4) is 11.1 Å². The van der Waals surface area contributed by atoms with Crippen LogP contribution in [0.25, 0.3) is 22.0 Å². The smallest absolute Gasteiger partial charge is 0.277 e. The van der Waals surface area contributed by atoms with Crippen LogP contribution in [0.2, 0.25) is 5.02 Å². The molecule has 0 bridgehead atoms. The maximum absolute atomic E-state index is 13.4. The van der Waals surface area contributed by atoms with Crippen molar-refractivity contribution in [2.24, 2.45) is 11.8 Å². The summed E-state index contributed by atoms with van der Waals surface area (Å²) in [6.07, 6.45) is 2.44. The van der Waals surface area contributed by atoms with Gasteiger partial charge in [-0.1, -0.05) is 65.3 Å². The Morgan fingerprint density at radius 1 is 1.03 bits per heavy atom. The quantitative estimate of drug-likeness (QED) is 0.169. The summed E-state index contributed by atoms with van der Waals surface area (Å²) in [6, 6.07) is 21.9. The topological polar surface area (TPSA) is 94.3 Å². The van der Waals surface area contributed by atoms with E-state index in [1.165, 1.54) is 10.9 Å². The summed E-state index contributed by atoms with van der Waals surface area (Å²) in [7, 11) is 0. The van der Waals surface area contributed by atoms with Crippen LogP contribution >= 0.6 is 11.6 Å². The van der Waals surface area contributed by atoms with Crippen molar-refractivity contribution in [1.29, 1.82) is 0 Å². The highest BCUT2D eigenvalue weighted by Gasteiger charge is 2.36. The molecule has 2 atom stereocenters. The number of Topliss-reactive ketones (excluding diaryl/α,β-unsaturated/α-hetero) is 1. The summed E-state index contributed by atoms with van der Waals surface area (Å²) in [4.78, 5) is 30.6. The highest BCUT2D eigenvalue weighted by molar-refractivity contribution is 6.30. The van der Waals surface area contributed by atoms with Gasteiger partial charge in [-0.15, -0.1) is 5.10 Å². The molecule has 5 rings (SSSR count). The van der Waals surface area contributed by atoms with E-state index in [4.69, 9.17) is 16.9 Å². The minimum absolute atomic E-state index is 0.0598. The highest BCUT2D eigenvalue weighted by atomic mass is 35.5. The van der Waals surface area contributed by atoms with E-state index in [1.54, 1.807) is 36.4 Å². The molecule has 0 amide bonds. The number of carbonyl (C=O) groups is 1. The number of rotatable bonds is 6. The minimum Gasteiger partial charge on any atom is -0.348 e. The van der Waals surface area contributed by atoms with E-state index in [0.717, 1.165) is 11.1 Å². The van der Waals surface area contributed by atoms with E-state index >= 15 is 0 Å². The minimum atomic E-state index is -0.461. The lowest BCUT2D eigenvalue weighted by atomic mass is 9.90. The van der Waals surface area contributed by atoms with Gasteiger partial charge in [-0.3, -0.25) is 9.59 Å². The largest absolute Gasteiger partial charge is 0.348 e. The third kappa shape index (κ3) is 4.60. The average Bonchev–Trinajstić information content (AvgIpc) is 3.28. The molecule has 1 saturated carbocycles. The number of allylic oxidation sites excluding steroid dienone is 1. The van der Waals surface area contributed by atoms with Gasteiger partial charge in [0.05, 0.1) is 11.9 Å². The first-order chi connectivity index (χ1) is 17.0. The van der Waals surface area contributed by atoms with E-state index in [9.17, 15) is 9.59 Å². The van der Waals surface area contributed by atoms with Crippen molar-refractivity contribution in [3.05, 3.63) is 106 Å². The number of carbonyl (C=O) groups excluding carboxylic acids is 1. The lowest BCUT2D eigenvalue weighted by Crippen LogP contribution is -2.28. The van der Waals surface area contributed by atoms with Gasteiger partial charge in [0.15, 0.2) is 5.78 Å². The molecule has 1 heterocycles. The summed E-state index contributed by atoms with van der Waals surface area (Å²) in [5.41, 5.74) is 3.48. The predicted molar refractivity (Wildman–Crippen MR) is 133 cm³/mol. The first-order valence-electron chi connectivity index (χ1n) is 11.3. The second-order valence-corrected chi connectivity index (χ2v) is 9.03. The number of benzene rings is 3. The molecule has 0 aliphatic heterocycles. The number of hydrogen-bond donors (Lipinski definition) is 1. The highest BCUT2D eigenvalue weighted by Crippen LogP contribution is 2.39. The second-order valence-electron chi connectivity index (χ2n) is 8.59. The van der Waals surface area contributed by atoms with Gasteiger partial charge in [0.1, 0.15) is 11.8 Å².